The number of hydrogen-bond donors (Lipinski definition) is 1. The predicted molar refractivity (Wildman–Crippen MR) is 79.0 cm³/mol. The van der Waals surface area contributed by atoms with Gasteiger partial charge in [0.1, 0.15) is 5.82 Å². The second-order valence-electron chi connectivity index (χ2n) is 5.36. The van der Waals surface area contributed by atoms with E-state index in [0.29, 0.717) is 0 Å². The predicted octanol–water partition coefficient (Wildman–Crippen LogP) is 3.56. The van der Waals surface area contributed by atoms with E-state index in [4.69, 9.17) is 0 Å². The van der Waals surface area contributed by atoms with Gasteiger partial charge in [-0.15, -0.1) is 0 Å². The monoisotopic (exact) mass is 264 g/mol. The maximum atomic E-state index is 14.2. The number of para-hydroxylation sites is 1. The lowest BCUT2D eigenvalue weighted by Crippen LogP contribution is -2.34. The second-order valence-corrected chi connectivity index (χ2v) is 5.36. The third-order valence-electron chi connectivity index (χ3n) is 4.04. The molecule has 0 spiro atoms. The number of halogens is 1. The number of nitrogens with one attached hydrogen (secondary N) is 1. The van der Waals surface area contributed by atoms with E-state index in [2.05, 4.69) is 24.1 Å². The van der Waals surface area contributed by atoms with Gasteiger partial charge in [0, 0.05) is 19.6 Å². The van der Waals surface area contributed by atoms with E-state index in [-0.39, 0.29) is 5.82 Å². The van der Waals surface area contributed by atoms with Gasteiger partial charge in [0.05, 0.1) is 5.69 Å². The summed E-state index contributed by atoms with van der Waals surface area (Å²) in [5.74, 6) is 0.670. The van der Waals surface area contributed by atoms with E-state index in [0.717, 1.165) is 43.3 Å². The second kappa shape index (κ2) is 6.90. The highest BCUT2D eigenvalue weighted by Gasteiger charge is 2.22. The lowest BCUT2D eigenvalue weighted by molar-refractivity contribution is 0.317. The molecule has 0 saturated heterocycles. The number of nitrogens with zero attached hydrogens (tertiary/aromatic N) is 1. The van der Waals surface area contributed by atoms with Gasteiger partial charge in [-0.2, -0.15) is 0 Å². The molecule has 0 unspecified atom stereocenters. The molecule has 19 heavy (non-hydrogen) atoms. The molecule has 106 valence electrons. The molecule has 3 heteroatoms. The molecule has 0 aliphatic heterocycles. The number of hydrogen-bond acceptors (Lipinski definition) is 2. The molecule has 1 saturated carbocycles. The first-order valence-corrected chi connectivity index (χ1v) is 7.49. The molecule has 0 atom stereocenters. The zero-order valence-electron chi connectivity index (χ0n) is 12.1. The van der Waals surface area contributed by atoms with E-state index in [1.165, 1.54) is 19.3 Å². The smallest absolute Gasteiger partial charge is 0.146 e. The van der Waals surface area contributed by atoms with Crippen molar-refractivity contribution in [2.75, 3.05) is 24.5 Å². The van der Waals surface area contributed by atoms with Crippen LogP contribution in [0.25, 0.3) is 0 Å². The van der Waals surface area contributed by atoms with E-state index in [9.17, 15) is 4.39 Å². The Kier molecular flexibility index (Phi) is 5.20. The zero-order chi connectivity index (χ0) is 13.7. The number of anilines is 1. The maximum absolute atomic E-state index is 14.2. The highest BCUT2D eigenvalue weighted by atomic mass is 19.1. The summed E-state index contributed by atoms with van der Waals surface area (Å²) in [6.07, 6.45) is 3.94. The minimum absolute atomic E-state index is 0.0865. The van der Waals surface area contributed by atoms with Crippen LogP contribution in [0.4, 0.5) is 10.1 Å². The van der Waals surface area contributed by atoms with Gasteiger partial charge in [-0.05, 0) is 43.9 Å². The number of rotatable bonds is 7. The fourth-order valence-electron chi connectivity index (χ4n) is 2.68. The van der Waals surface area contributed by atoms with Crippen molar-refractivity contribution in [1.29, 1.82) is 0 Å². The van der Waals surface area contributed by atoms with Crippen LogP contribution in [0.1, 0.15) is 38.7 Å². The summed E-state index contributed by atoms with van der Waals surface area (Å²) < 4.78 is 14.2. The van der Waals surface area contributed by atoms with Crippen molar-refractivity contribution in [3.05, 3.63) is 29.6 Å². The Balaban J connectivity index is 2.18. The van der Waals surface area contributed by atoms with Gasteiger partial charge in [0.2, 0.25) is 0 Å². The minimum Gasteiger partial charge on any atom is -0.369 e. The van der Waals surface area contributed by atoms with E-state index >= 15 is 0 Å². The first-order valence-electron chi connectivity index (χ1n) is 7.49. The van der Waals surface area contributed by atoms with Crippen LogP contribution in [-0.4, -0.2) is 19.6 Å². The lowest BCUT2D eigenvalue weighted by atomic mass is 9.85. The molecule has 2 rings (SSSR count). The van der Waals surface area contributed by atoms with Crippen LogP contribution in [0.5, 0.6) is 0 Å². The molecule has 1 N–H and O–H groups in total. The molecular formula is C16H25FN2. The van der Waals surface area contributed by atoms with E-state index in [1.54, 1.807) is 6.07 Å². The Morgan fingerprint density at radius 1 is 1.32 bits per heavy atom. The van der Waals surface area contributed by atoms with Crippen LogP contribution in [0, 0.1) is 11.7 Å². The SMILES string of the molecule is CCNCc1cccc(F)c1N(CC)CC1CCC1. The standard InChI is InChI=1S/C16H25FN2/c1-3-18-11-14-9-6-10-15(17)16(14)19(4-2)12-13-7-5-8-13/h6,9-10,13,18H,3-5,7-8,11-12H2,1-2H3. The van der Waals surface area contributed by atoms with Crippen LogP contribution in [0.2, 0.25) is 0 Å². The lowest BCUT2D eigenvalue weighted by Gasteiger charge is -2.34. The van der Waals surface area contributed by atoms with Gasteiger partial charge < -0.3 is 10.2 Å². The summed E-state index contributed by atoms with van der Waals surface area (Å²) in [6, 6.07) is 5.42. The van der Waals surface area contributed by atoms with Crippen molar-refractivity contribution < 1.29 is 4.39 Å². The van der Waals surface area contributed by atoms with E-state index < -0.39 is 0 Å². The summed E-state index contributed by atoms with van der Waals surface area (Å²) in [5.41, 5.74) is 1.88. The molecule has 0 radical (unpaired) electrons. The average molecular weight is 264 g/mol. The molecule has 0 amide bonds. The van der Waals surface area contributed by atoms with Crippen LogP contribution in [0.15, 0.2) is 18.2 Å². The maximum Gasteiger partial charge on any atom is 0.146 e. The van der Waals surface area contributed by atoms with Gasteiger partial charge >= 0.3 is 0 Å². The summed E-state index contributed by atoms with van der Waals surface area (Å²) in [6.45, 7) is 7.70. The molecule has 1 aromatic carbocycles. The van der Waals surface area contributed by atoms with Crippen molar-refractivity contribution in [3.8, 4) is 0 Å². The zero-order valence-corrected chi connectivity index (χ0v) is 12.1. The van der Waals surface area contributed by atoms with Crippen LogP contribution in [-0.2, 0) is 6.54 Å². The van der Waals surface area contributed by atoms with Gasteiger partial charge in [-0.1, -0.05) is 25.5 Å². The molecule has 1 aliphatic carbocycles. The minimum atomic E-state index is -0.0865. The summed E-state index contributed by atoms with van der Waals surface area (Å²) >= 11 is 0. The van der Waals surface area contributed by atoms with Crippen LogP contribution in [0.3, 0.4) is 0 Å². The molecule has 1 fully saturated rings. The Morgan fingerprint density at radius 3 is 2.68 bits per heavy atom. The molecule has 1 aliphatic rings. The average Bonchev–Trinajstić information content (AvgIpc) is 2.37. The number of benzene rings is 1. The van der Waals surface area contributed by atoms with Crippen LogP contribution >= 0.6 is 0 Å². The largest absolute Gasteiger partial charge is 0.369 e. The van der Waals surface area contributed by atoms with Gasteiger partial charge in [-0.25, -0.2) is 4.39 Å². The fourth-order valence-corrected chi connectivity index (χ4v) is 2.68. The van der Waals surface area contributed by atoms with Crippen molar-refractivity contribution in [1.82, 2.24) is 5.32 Å². The molecular weight excluding hydrogens is 239 g/mol. The normalized spacial score (nSPS) is 15.3. The molecule has 2 nitrogen and oxygen atoms in total. The van der Waals surface area contributed by atoms with Crippen molar-refractivity contribution in [2.45, 2.75) is 39.7 Å². The molecule has 0 heterocycles. The Bertz CT molecular complexity index is 402. The van der Waals surface area contributed by atoms with Crippen molar-refractivity contribution >= 4 is 5.69 Å². The first kappa shape index (κ1) is 14.3. The third-order valence-corrected chi connectivity index (χ3v) is 4.04. The topological polar surface area (TPSA) is 15.3 Å². The highest BCUT2D eigenvalue weighted by molar-refractivity contribution is 5.55. The molecule has 0 aromatic heterocycles. The highest BCUT2D eigenvalue weighted by Crippen LogP contribution is 2.31. The Hall–Kier alpha value is -1.09. The van der Waals surface area contributed by atoms with Crippen molar-refractivity contribution in [3.63, 3.8) is 0 Å². The van der Waals surface area contributed by atoms with Gasteiger partial charge in [-0.3, -0.25) is 0 Å². The summed E-state index contributed by atoms with van der Waals surface area (Å²) in [5, 5.41) is 3.30. The van der Waals surface area contributed by atoms with E-state index in [1.807, 2.05) is 12.1 Å². The Morgan fingerprint density at radius 2 is 2.11 bits per heavy atom. The first-order chi connectivity index (χ1) is 9.26. The molecule has 1 aromatic rings. The van der Waals surface area contributed by atoms with Gasteiger partial charge in [0.15, 0.2) is 0 Å². The molecule has 0 bridgehead atoms. The van der Waals surface area contributed by atoms with Crippen molar-refractivity contribution in [2.24, 2.45) is 5.92 Å². The van der Waals surface area contributed by atoms with Gasteiger partial charge in [0.25, 0.3) is 0 Å². The summed E-state index contributed by atoms with van der Waals surface area (Å²) in [7, 11) is 0. The Labute approximate surface area is 116 Å². The fraction of sp³-hybridized carbons (Fsp3) is 0.625. The quantitative estimate of drug-likeness (QED) is 0.810. The third kappa shape index (κ3) is 3.47. The van der Waals surface area contributed by atoms with Crippen LogP contribution < -0.4 is 10.2 Å². The summed E-state index contributed by atoms with van der Waals surface area (Å²) in [4.78, 5) is 2.21.